The monoisotopic (exact) mass is 394 g/mol. The standard InChI is InChI=1S/C24H30N2O3/c1-4-17-7-5-8-20-22(16-26-24(17)20)21(15-23(27)25-13-6-14-28-2)18-9-11-19(29-3)12-10-18/h5,7-12,16,21,26H,4,6,13-15H2,1-3H3,(H,25,27)/t21-/m0/s1. The zero-order valence-corrected chi connectivity index (χ0v) is 17.5. The van der Waals surface area contributed by atoms with Crippen molar-refractivity contribution in [1.82, 2.24) is 10.3 Å². The molecule has 0 radical (unpaired) electrons. The highest BCUT2D eigenvalue weighted by atomic mass is 16.5. The van der Waals surface area contributed by atoms with Crippen molar-refractivity contribution in [2.75, 3.05) is 27.4 Å². The zero-order valence-electron chi connectivity index (χ0n) is 17.5. The first-order chi connectivity index (χ1) is 14.2. The summed E-state index contributed by atoms with van der Waals surface area (Å²) in [5.74, 6) is 0.816. The van der Waals surface area contributed by atoms with Gasteiger partial charge in [0.25, 0.3) is 0 Å². The first-order valence-electron chi connectivity index (χ1n) is 10.2. The Morgan fingerprint density at radius 2 is 1.93 bits per heavy atom. The number of carbonyl (C=O) groups is 1. The molecule has 1 aromatic heterocycles. The van der Waals surface area contributed by atoms with Gasteiger partial charge in [-0.05, 0) is 41.7 Å². The molecule has 3 rings (SSSR count). The number of hydrogen-bond donors (Lipinski definition) is 2. The van der Waals surface area contributed by atoms with Gasteiger partial charge in [0.2, 0.25) is 5.91 Å². The first-order valence-corrected chi connectivity index (χ1v) is 10.2. The lowest BCUT2D eigenvalue weighted by Gasteiger charge is -2.18. The molecule has 2 aromatic carbocycles. The molecule has 154 valence electrons. The minimum Gasteiger partial charge on any atom is -0.497 e. The molecule has 1 amide bonds. The van der Waals surface area contributed by atoms with Crippen LogP contribution in [0.4, 0.5) is 0 Å². The van der Waals surface area contributed by atoms with Gasteiger partial charge in [-0.2, -0.15) is 0 Å². The molecule has 5 nitrogen and oxygen atoms in total. The number of methoxy groups -OCH3 is 2. The average Bonchev–Trinajstić information content (AvgIpc) is 3.19. The highest BCUT2D eigenvalue weighted by Crippen LogP contribution is 2.35. The van der Waals surface area contributed by atoms with Crippen LogP contribution in [0.5, 0.6) is 5.75 Å². The fourth-order valence-electron chi connectivity index (χ4n) is 3.77. The third-order valence-electron chi connectivity index (χ3n) is 5.35. The molecule has 29 heavy (non-hydrogen) atoms. The van der Waals surface area contributed by atoms with Crippen LogP contribution in [0.1, 0.15) is 42.4 Å². The molecule has 0 fully saturated rings. The molecule has 2 N–H and O–H groups in total. The van der Waals surface area contributed by atoms with Crippen molar-refractivity contribution in [3.05, 3.63) is 65.4 Å². The summed E-state index contributed by atoms with van der Waals surface area (Å²) in [6, 6.07) is 14.4. The number of rotatable bonds is 10. The maximum Gasteiger partial charge on any atom is 0.220 e. The van der Waals surface area contributed by atoms with Crippen molar-refractivity contribution >= 4 is 16.8 Å². The fourth-order valence-corrected chi connectivity index (χ4v) is 3.77. The predicted molar refractivity (Wildman–Crippen MR) is 117 cm³/mol. The van der Waals surface area contributed by atoms with E-state index in [0.717, 1.165) is 35.2 Å². The normalized spacial score (nSPS) is 12.1. The summed E-state index contributed by atoms with van der Waals surface area (Å²) >= 11 is 0. The topological polar surface area (TPSA) is 63.4 Å². The van der Waals surface area contributed by atoms with Crippen molar-refractivity contribution in [3.8, 4) is 5.75 Å². The van der Waals surface area contributed by atoms with Gasteiger partial charge in [-0.15, -0.1) is 0 Å². The molecule has 0 saturated heterocycles. The Bertz CT molecular complexity index is 931. The van der Waals surface area contributed by atoms with E-state index in [9.17, 15) is 4.79 Å². The summed E-state index contributed by atoms with van der Waals surface area (Å²) in [6.07, 6.45) is 4.21. The van der Waals surface area contributed by atoms with Gasteiger partial charge >= 0.3 is 0 Å². The second-order valence-electron chi connectivity index (χ2n) is 7.16. The second kappa shape index (κ2) is 10.1. The van der Waals surface area contributed by atoms with E-state index < -0.39 is 0 Å². The van der Waals surface area contributed by atoms with Crippen molar-refractivity contribution in [3.63, 3.8) is 0 Å². The fraction of sp³-hybridized carbons (Fsp3) is 0.375. The van der Waals surface area contributed by atoms with Gasteiger partial charge in [-0.25, -0.2) is 0 Å². The van der Waals surface area contributed by atoms with E-state index in [1.54, 1.807) is 14.2 Å². The lowest BCUT2D eigenvalue weighted by molar-refractivity contribution is -0.121. The molecule has 1 atom stereocenters. The van der Waals surface area contributed by atoms with Crippen LogP contribution in [-0.2, 0) is 16.0 Å². The summed E-state index contributed by atoms with van der Waals surface area (Å²) in [6.45, 7) is 3.42. The van der Waals surface area contributed by atoms with Crippen molar-refractivity contribution in [2.45, 2.75) is 32.1 Å². The molecular weight excluding hydrogens is 364 g/mol. The molecule has 0 saturated carbocycles. The van der Waals surface area contributed by atoms with Crippen LogP contribution < -0.4 is 10.1 Å². The summed E-state index contributed by atoms with van der Waals surface area (Å²) in [7, 11) is 3.33. The summed E-state index contributed by atoms with van der Waals surface area (Å²) in [5, 5.41) is 4.20. The van der Waals surface area contributed by atoms with Gasteiger partial charge in [0.05, 0.1) is 7.11 Å². The van der Waals surface area contributed by atoms with Crippen LogP contribution in [0.25, 0.3) is 10.9 Å². The third-order valence-corrected chi connectivity index (χ3v) is 5.35. The van der Waals surface area contributed by atoms with Crippen LogP contribution in [0.2, 0.25) is 0 Å². The van der Waals surface area contributed by atoms with Crippen LogP contribution in [0.3, 0.4) is 0 Å². The van der Waals surface area contributed by atoms with Crippen LogP contribution in [0.15, 0.2) is 48.7 Å². The quantitative estimate of drug-likeness (QED) is 0.501. The summed E-state index contributed by atoms with van der Waals surface area (Å²) in [5.41, 5.74) is 4.68. The molecule has 3 aromatic rings. The Labute approximate surface area is 172 Å². The number of amides is 1. The Morgan fingerprint density at radius 1 is 1.14 bits per heavy atom. The van der Waals surface area contributed by atoms with Crippen molar-refractivity contribution in [1.29, 1.82) is 0 Å². The second-order valence-corrected chi connectivity index (χ2v) is 7.16. The highest BCUT2D eigenvalue weighted by molar-refractivity contribution is 5.88. The molecule has 0 aliphatic heterocycles. The molecule has 0 aliphatic carbocycles. The van der Waals surface area contributed by atoms with Gasteiger partial charge in [-0.1, -0.05) is 37.3 Å². The number of H-pyrrole nitrogens is 1. The van der Waals surface area contributed by atoms with Gasteiger partial charge in [0, 0.05) is 49.7 Å². The number of aryl methyl sites for hydroxylation is 1. The third kappa shape index (κ3) is 4.98. The highest BCUT2D eigenvalue weighted by Gasteiger charge is 2.22. The maximum atomic E-state index is 12.7. The number of aromatic nitrogens is 1. The van der Waals surface area contributed by atoms with Crippen LogP contribution in [0, 0.1) is 0 Å². The van der Waals surface area contributed by atoms with E-state index in [-0.39, 0.29) is 11.8 Å². The first kappa shape index (κ1) is 20.9. The minimum absolute atomic E-state index is 0.0378. The number of benzene rings is 2. The molecule has 0 bridgehead atoms. The Kier molecular flexibility index (Phi) is 7.30. The molecular formula is C24H30N2O3. The van der Waals surface area contributed by atoms with Gasteiger partial charge in [0.1, 0.15) is 5.75 Å². The summed E-state index contributed by atoms with van der Waals surface area (Å²) < 4.78 is 10.4. The van der Waals surface area contributed by atoms with Gasteiger partial charge in [-0.3, -0.25) is 4.79 Å². The van der Waals surface area contributed by atoms with E-state index in [2.05, 4.69) is 41.6 Å². The van der Waals surface area contributed by atoms with E-state index in [4.69, 9.17) is 9.47 Å². The minimum atomic E-state index is -0.0378. The number of nitrogens with one attached hydrogen (secondary N) is 2. The van der Waals surface area contributed by atoms with E-state index >= 15 is 0 Å². The lowest BCUT2D eigenvalue weighted by atomic mass is 9.87. The molecule has 0 spiro atoms. The molecule has 1 heterocycles. The molecule has 0 aliphatic rings. The van der Waals surface area contributed by atoms with Gasteiger partial charge in [0.15, 0.2) is 0 Å². The van der Waals surface area contributed by atoms with Crippen molar-refractivity contribution < 1.29 is 14.3 Å². The Balaban J connectivity index is 1.91. The van der Waals surface area contributed by atoms with Gasteiger partial charge < -0.3 is 19.8 Å². The number of aromatic amines is 1. The number of fused-ring (bicyclic) bond motifs is 1. The van der Waals surface area contributed by atoms with Crippen LogP contribution >= 0.6 is 0 Å². The SMILES string of the molecule is CCc1cccc2c([C@@H](CC(=O)NCCCOC)c3ccc(OC)cc3)c[nH]c12. The largest absolute Gasteiger partial charge is 0.497 e. The smallest absolute Gasteiger partial charge is 0.220 e. The van der Waals surface area contributed by atoms with E-state index in [0.29, 0.717) is 19.6 Å². The summed E-state index contributed by atoms with van der Waals surface area (Å²) in [4.78, 5) is 16.1. The number of para-hydroxylation sites is 1. The average molecular weight is 395 g/mol. The predicted octanol–water partition coefficient (Wildman–Crippen LogP) is 4.41. The molecule has 0 unspecified atom stereocenters. The number of carbonyl (C=O) groups excluding carboxylic acids is 1. The lowest BCUT2D eigenvalue weighted by Crippen LogP contribution is -2.27. The van der Waals surface area contributed by atoms with Crippen LogP contribution in [-0.4, -0.2) is 38.3 Å². The Hall–Kier alpha value is -2.79. The molecule has 5 heteroatoms. The van der Waals surface area contributed by atoms with E-state index in [1.165, 1.54) is 10.9 Å². The van der Waals surface area contributed by atoms with Crippen molar-refractivity contribution in [2.24, 2.45) is 0 Å². The maximum absolute atomic E-state index is 12.7. The number of hydrogen-bond acceptors (Lipinski definition) is 3. The van der Waals surface area contributed by atoms with E-state index in [1.807, 2.05) is 24.3 Å². The Morgan fingerprint density at radius 3 is 2.62 bits per heavy atom. The zero-order chi connectivity index (χ0) is 20.6. The number of ether oxygens (including phenoxy) is 2.